The van der Waals surface area contributed by atoms with E-state index in [4.69, 9.17) is 9.47 Å². The SMILES string of the molecule is Cc1ccsc1/C=C1\Oc2c(ccc3c2CN(C(C)c2ccccc2)CO3)C1=O. The normalized spacial score (nSPS) is 18.1. The Morgan fingerprint density at radius 3 is 2.72 bits per heavy atom. The zero-order chi connectivity index (χ0) is 20.0. The highest BCUT2D eigenvalue weighted by Crippen LogP contribution is 2.43. The Kier molecular flexibility index (Phi) is 4.49. The molecule has 4 nitrogen and oxygen atoms in total. The molecule has 1 unspecified atom stereocenters. The highest BCUT2D eigenvalue weighted by molar-refractivity contribution is 7.11. The molecule has 0 N–H and O–H groups in total. The second-order valence-corrected chi connectivity index (χ2v) is 8.38. The molecule has 0 radical (unpaired) electrons. The first-order chi connectivity index (χ1) is 14.1. The number of carbonyl (C=O) groups is 1. The molecular weight excluding hydrogens is 382 g/mol. The fourth-order valence-electron chi connectivity index (χ4n) is 3.82. The maximum atomic E-state index is 12.9. The highest BCUT2D eigenvalue weighted by Gasteiger charge is 2.34. The molecule has 3 heterocycles. The molecule has 5 heteroatoms. The molecule has 1 atom stereocenters. The summed E-state index contributed by atoms with van der Waals surface area (Å²) in [6, 6.07) is 16.3. The van der Waals surface area contributed by atoms with Crippen molar-refractivity contribution in [3.8, 4) is 11.5 Å². The van der Waals surface area contributed by atoms with E-state index in [1.807, 2.05) is 54.8 Å². The summed E-state index contributed by atoms with van der Waals surface area (Å²) < 4.78 is 12.1. The molecule has 0 aliphatic carbocycles. The van der Waals surface area contributed by atoms with Gasteiger partial charge in [0.25, 0.3) is 0 Å². The number of nitrogens with zero attached hydrogens (tertiary/aromatic N) is 1. The fourth-order valence-corrected chi connectivity index (χ4v) is 4.67. The van der Waals surface area contributed by atoms with Gasteiger partial charge in [0.1, 0.15) is 18.2 Å². The summed E-state index contributed by atoms with van der Waals surface area (Å²) in [5.41, 5.74) is 3.93. The second kappa shape index (κ2) is 7.17. The van der Waals surface area contributed by atoms with Crippen LogP contribution in [0, 0.1) is 6.92 Å². The van der Waals surface area contributed by atoms with Crippen molar-refractivity contribution in [1.29, 1.82) is 0 Å². The van der Waals surface area contributed by atoms with Crippen molar-refractivity contribution in [3.05, 3.63) is 86.8 Å². The van der Waals surface area contributed by atoms with Crippen molar-refractivity contribution < 1.29 is 14.3 Å². The van der Waals surface area contributed by atoms with Crippen molar-refractivity contribution in [2.24, 2.45) is 0 Å². The number of Topliss-reactive ketones (excluding diaryl/α,β-unsaturated/α-hetero) is 1. The number of allylic oxidation sites excluding steroid dienone is 1. The molecule has 2 aliphatic heterocycles. The molecule has 1 aromatic heterocycles. The van der Waals surface area contributed by atoms with Gasteiger partial charge in [-0.1, -0.05) is 30.3 Å². The van der Waals surface area contributed by atoms with Crippen LogP contribution in [0.15, 0.2) is 59.7 Å². The number of aryl methyl sites for hydroxylation is 1. The van der Waals surface area contributed by atoms with Crippen LogP contribution >= 0.6 is 11.3 Å². The molecule has 2 aromatic carbocycles. The zero-order valence-electron chi connectivity index (χ0n) is 16.3. The van der Waals surface area contributed by atoms with E-state index in [2.05, 4.69) is 24.0 Å². The summed E-state index contributed by atoms with van der Waals surface area (Å²) in [7, 11) is 0. The fraction of sp³-hybridized carbons (Fsp3) is 0.208. The quantitative estimate of drug-likeness (QED) is 0.535. The lowest BCUT2D eigenvalue weighted by Gasteiger charge is -2.34. The zero-order valence-corrected chi connectivity index (χ0v) is 17.2. The average molecular weight is 404 g/mol. The molecule has 0 amide bonds. The van der Waals surface area contributed by atoms with Gasteiger partial charge in [-0.15, -0.1) is 11.3 Å². The van der Waals surface area contributed by atoms with Gasteiger partial charge in [-0.25, -0.2) is 0 Å². The van der Waals surface area contributed by atoms with Crippen LogP contribution in [-0.4, -0.2) is 17.4 Å². The number of ether oxygens (including phenoxy) is 2. The lowest BCUT2D eigenvalue weighted by atomic mass is 10.0. The Bertz CT molecular complexity index is 1120. The molecule has 3 aromatic rings. The van der Waals surface area contributed by atoms with E-state index < -0.39 is 0 Å². The summed E-state index contributed by atoms with van der Waals surface area (Å²) in [4.78, 5) is 16.2. The predicted molar refractivity (Wildman–Crippen MR) is 114 cm³/mol. The minimum atomic E-state index is -0.0659. The van der Waals surface area contributed by atoms with Crippen LogP contribution in [0.1, 0.15) is 44.9 Å². The third-order valence-corrected chi connectivity index (χ3v) is 6.60. The molecule has 146 valence electrons. The van der Waals surface area contributed by atoms with Crippen molar-refractivity contribution >= 4 is 23.2 Å². The number of fused-ring (bicyclic) bond motifs is 3. The van der Waals surface area contributed by atoms with Crippen LogP contribution in [0.25, 0.3) is 6.08 Å². The van der Waals surface area contributed by atoms with Crippen LogP contribution in [0.4, 0.5) is 0 Å². The Morgan fingerprint density at radius 2 is 1.97 bits per heavy atom. The standard InChI is InChI=1S/C24H21NO3S/c1-15-10-11-29-22(15)12-21-23(26)18-8-9-20-19(24(18)28-21)13-25(14-27-20)16(2)17-6-4-3-5-7-17/h3-12,16H,13-14H2,1-2H3/b21-12-. The number of hydrogen-bond acceptors (Lipinski definition) is 5. The number of benzene rings is 2. The van der Waals surface area contributed by atoms with Gasteiger partial charge in [0, 0.05) is 23.5 Å². The summed E-state index contributed by atoms with van der Waals surface area (Å²) in [5.74, 6) is 1.75. The minimum absolute atomic E-state index is 0.0659. The highest BCUT2D eigenvalue weighted by atomic mass is 32.1. The first-order valence-electron chi connectivity index (χ1n) is 9.68. The Labute approximate surface area is 174 Å². The first kappa shape index (κ1) is 18.2. The third kappa shape index (κ3) is 3.16. The second-order valence-electron chi connectivity index (χ2n) is 7.43. The van der Waals surface area contributed by atoms with Crippen LogP contribution in [0.2, 0.25) is 0 Å². The van der Waals surface area contributed by atoms with E-state index in [0.717, 1.165) is 21.8 Å². The van der Waals surface area contributed by atoms with E-state index in [1.54, 1.807) is 11.3 Å². The first-order valence-corrected chi connectivity index (χ1v) is 10.6. The van der Waals surface area contributed by atoms with E-state index in [-0.39, 0.29) is 11.8 Å². The van der Waals surface area contributed by atoms with Crippen molar-refractivity contribution in [2.75, 3.05) is 6.73 Å². The molecule has 5 rings (SSSR count). The maximum absolute atomic E-state index is 12.9. The monoisotopic (exact) mass is 403 g/mol. The molecule has 0 saturated carbocycles. The topological polar surface area (TPSA) is 38.8 Å². The van der Waals surface area contributed by atoms with Gasteiger partial charge in [0.05, 0.1) is 11.1 Å². The smallest absolute Gasteiger partial charge is 0.232 e. The molecule has 0 saturated heterocycles. The van der Waals surface area contributed by atoms with Crippen LogP contribution in [0.5, 0.6) is 11.5 Å². The summed E-state index contributed by atoms with van der Waals surface area (Å²) >= 11 is 1.61. The Balaban J connectivity index is 1.47. The van der Waals surface area contributed by atoms with Gasteiger partial charge < -0.3 is 9.47 Å². The van der Waals surface area contributed by atoms with Crippen LogP contribution in [-0.2, 0) is 6.54 Å². The van der Waals surface area contributed by atoms with E-state index in [1.165, 1.54) is 5.56 Å². The average Bonchev–Trinajstić information content (AvgIpc) is 3.31. The van der Waals surface area contributed by atoms with Crippen molar-refractivity contribution in [1.82, 2.24) is 4.90 Å². The number of ketones is 1. The largest absolute Gasteiger partial charge is 0.478 e. The van der Waals surface area contributed by atoms with E-state index in [0.29, 0.717) is 30.3 Å². The molecular formula is C24H21NO3S. The molecule has 29 heavy (non-hydrogen) atoms. The lowest BCUT2D eigenvalue weighted by molar-refractivity contribution is 0.0606. The summed E-state index contributed by atoms with van der Waals surface area (Å²) in [6.07, 6.45) is 1.85. The number of rotatable bonds is 3. The predicted octanol–water partition coefficient (Wildman–Crippen LogP) is 5.59. The summed E-state index contributed by atoms with van der Waals surface area (Å²) in [6.45, 7) is 5.39. The lowest BCUT2D eigenvalue weighted by Crippen LogP contribution is -2.34. The number of hydrogen-bond donors (Lipinski definition) is 0. The van der Waals surface area contributed by atoms with Crippen molar-refractivity contribution in [2.45, 2.75) is 26.4 Å². The van der Waals surface area contributed by atoms with Gasteiger partial charge in [-0.05, 0) is 48.6 Å². The molecule has 0 spiro atoms. The van der Waals surface area contributed by atoms with Gasteiger partial charge >= 0.3 is 0 Å². The van der Waals surface area contributed by atoms with Gasteiger partial charge in [0.2, 0.25) is 5.78 Å². The van der Waals surface area contributed by atoms with Crippen molar-refractivity contribution in [3.63, 3.8) is 0 Å². The number of carbonyl (C=O) groups excluding carboxylic acids is 1. The van der Waals surface area contributed by atoms with Gasteiger partial charge in [0.15, 0.2) is 5.76 Å². The van der Waals surface area contributed by atoms with Crippen LogP contribution in [0.3, 0.4) is 0 Å². The molecule has 0 fully saturated rings. The van der Waals surface area contributed by atoms with E-state index in [9.17, 15) is 4.79 Å². The molecule has 0 bridgehead atoms. The number of thiophene rings is 1. The third-order valence-electron chi connectivity index (χ3n) is 5.64. The molecule has 2 aliphatic rings. The van der Waals surface area contributed by atoms with Gasteiger partial charge in [-0.2, -0.15) is 0 Å². The van der Waals surface area contributed by atoms with E-state index >= 15 is 0 Å². The Hall–Kier alpha value is -2.89. The van der Waals surface area contributed by atoms with Crippen LogP contribution < -0.4 is 9.47 Å². The van der Waals surface area contributed by atoms with Gasteiger partial charge in [-0.3, -0.25) is 9.69 Å². The maximum Gasteiger partial charge on any atom is 0.232 e. The Morgan fingerprint density at radius 1 is 1.14 bits per heavy atom. The summed E-state index contributed by atoms with van der Waals surface area (Å²) in [5, 5.41) is 2.02. The minimum Gasteiger partial charge on any atom is -0.478 e.